The number of aryl methyl sites for hydroxylation is 1. The third kappa shape index (κ3) is 2.89. The summed E-state index contributed by atoms with van der Waals surface area (Å²) >= 11 is 9.32. The molecule has 1 atom stereocenters. The normalized spacial score (nSPS) is 12.5. The molecule has 1 heterocycles. The van der Waals surface area contributed by atoms with Crippen LogP contribution in [-0.2, 0) is 0 Å². The van der Waals surface area contributed by atoms with Crippen molar-refractivity contribution < 1.29 is 5.11 Å². The van der Waals surface area contributed by atoms with E-state index >= 15 is 0 Å². The van der Waals surface area contributed by atoms with Crippen LogP contribution in [0.2, 0.25) is 5.02 Å². The van der Waals surface area contributed by atoms with Gasteiger partial charge >= 0.3 is 0 Å². The Labute approximate surface area is 142 Å². The molecule has 0 aliphatic carbocycles. The summed E-state index contributed by atoms with van der Waals surface area (Å²) in [6.45, 7) is 2.03. The van der Waals surface area contributed by atoms with Crippen LogP contribution in [0.4, 0.5) is 0 Å². The van der Waals surface area contributed by atoms with Crippen molar-refractivity contribution >= 4 is 38.4 Å². The van der Waals surface area contributed by atoms with Crippen molar-refractivity contribution in [2.45, 2.75) is 13.0 Å². The number of hydrogen-bond donors (Lipinski definition) is 1. The summed E-state index contributed by atoms with van der Waals surface area (Å²) in [7, 11) is 0. The fourth-order valence-corrected chi connectivity index (χ4v) is 3.02. The molecule has 0 saturated carbocycles. The lowest BCUT2D eigenvalue weighted by molar-refractivity contribution is 0.207. The zero-order valence-electron chi connectivity index (χ0n) is 12.1. The molecule has 0 fully saturated rings. The molecule has 0 spiro atoms. The van der Waals surface area contributed by atoms with Crippen molar-refractivity contribution in [3.8, 4) is 11.3 Å². The highest BCUT2D eigenvalue weighted by molar-refractivity contribution is 9.09. The van der Waals surface area contributed by atoms with E-state index in [9.17, 15) is 5.11 Å². The van der Waals surface area contributed by atoms with E-state index in [4.69, 9.17) is 16.6 Å². The molecule has 0 saturated heterocycles. The number of aliphatic hydroxyl groups excluding tert-OH is 1. The highest BCUT2D eigenvalue weighted by atomic mass is 79.9. The molecule has 0 unspecified atom stereocenters. The maximum atomic E-state index is 10.3. The van der Waals surface area contributed by atoms with Crippen LogP contribution in [0.25, 0.3) is 22.2 Å². The van der Waals surface area contributed by atoms with E-state index in [-0.39, 0.29) is 0 Å². The quantitative estimate of drug-likeness (QED) is 0.630. The van der Waals surface area contributed by atoms with Crippen LogP contribution in [0.5, 0.6) is 0 Å². The number of hydrogen-bond acceptors (Lipinski definition) is 2. The van der Waals surface area contributed by atoms with Gasteiger partial charge in [0.05, 0.1) is 17.3 Å². The molecule has 2 aromatic carbocycles. The second-order valence-electron chi connectivity index (χ2n) is 5.24. The fourth-order valence-electron chi connectivity index (χ4n) is 2.55. The predicted octanol–water partition coefficient (Wildman–Crippen LogP) is 5.29. The Bertz CT molecular complexity index is 817. The van der Waals surface area contributed by atoms with Crippen molar-refractivity contribution in [3.63, 3.8) is 0 Å². The van der Waals surface area contributed by atoms with Gasteiger partial charge in [-0.05, 0) is 36.2 Å². The average molecular weight is 377 g/mol. The first-order chi connectivity index (χ1) is 10.6. The number of aliphatic hydroxyl groups is 1. The van der Waals surface area contributed by atoms with Crippen molar-refractivity contribution in [1.29, 1.82) is 0 Å². The zero-order valence-corrected chi connectivity index (χ0v) is 14.4. The Morgan fingerprint density at radius 2 is 1.91 bits per heavy atom. The summed E-state index contributed by atoms with van der Waals surface area (Å²) in [6.07, 6.45) is -0.571. The lowest BCUT2D eigenvalue weighted by atomic mass is 9.99. The number of nitrogens with zero attached hydrogens (tertiary/aromatic N) is 1. The van der Waals surface area contributed by atoms with E-state index in [1.165, 1.54) is 0 Å². The van der Waals surface area contributed by atoms with E-state index in [1.807, 2.05) is 55.5 Å². The SMILES string of the molecule is Cc1cccc2c([C@@H](O)CBr)cc(-c3ccc(Cl)cc3)nc12. The average Bonchev–Trinajstić information content (AvgIpc) is 2.54. The van der Waals surface area contributed by atoms with E-state index < -0.39 is 6.10 Å². The standard InChI is InChI=1S/C18H15BrClNO/c1-11-3-2-4-14-15(17(22)10-19)9-16(21-18(11)14)12-5-7-13(20)8-6-12/h2-9,17,22H,10H2,1H3/t17-/m0/s1. The van der Waals surface area contributed by atoms with Crippen LogP contribution in [0.15, 0.2) is 48.5 Å². The molecule has 0 amide bonds. The van der Waals surface area contributed by atoms with Gasteiger partial charge in [-0.1, -0.05) is 57.9 Å². The van der Waals surface area contributed by atoms with Crippen molar-refractivity contribution in [3.05, 3.63) is 64.7 Å². The van der Waals surface area contributed by atoms with E-state index in [0.717, 1.165) is 33.3 Å². The maximum Gasteiger partial charge on any atom is 0.0894 e. The van der Waals surface area contributed by atoms with Crippen molar-refractivity contribution in [2.24, 2.45) is 0 Å². The van der Waals surface area contributed by atoms with Gasteiger partial charge < -0.3 is 5.11 Å². The summed E-state index contributed by atoms with van der Waals surface area (Å²) in [5.41, 5.74) is 4.72. The van der Waals surface area contributed by atoms with Gasteiger partial charge in [-0.2, -0.15) is 0 Å². The molecule has 0 radical (unpaired) electrons. The van der Waals surface area contributed by atoms with E-state index in [0.29, 0.717) is 10.4 Å². The lowest BCUT2D eigenvalue weighted by Crippen LogP contribution is -2.02. The summed E-state index contributed by atoms with van der Waals surface area (Å²) in [5.74, 6) is 0. The molecule has 2 nitrogen and oxygen atoms in total. The Morgan fingerprint density at radius 1 is 1.18 bits per heavy atom. The van der Waals surface area contributed by atoms with Gasteiger partial charge in [0.15, 0.2) is 0 Å². The first-order valence-corrected chi connectivity index (χ1v) is 8.50. The van der Waals surface area contributed by atoms with Gasteiger partial charge in [-0.25, -0.2) is 4.98 Å². The predicted molar refractivity (Wildman–Crippen MR) is 95.7 cm³/mol. The van der Waals surface area contributed by atoms with Crippen LogP contribution in [-0.4, -0.2) is 15.4 Å². The van der Waals surface area contributed by atoms with Crippen LogP contribution in [0, 0.1) is 6.92 Å². The zero-order chi connectivity index (χ0) is 15.7. The third-order valence-corrected chi connectivity index (χ3v) is 4.58. The molecule has 1 aromatic heterocycles. The topological polar surface area (TPSA) is 33.1 Å². The minimum absolute atomic E-state index is 0.486. The van der Waals surface area contributed by atoms with E-state index in [1.54, 1.807) is 0 Å². The summed E-state index contributed by atoms with van der Waals surface area (Å²) in [4.78, 5) is 4.78. The minimum Gasteiger partial charge on any atom is -0.388 e. The molecule has 0 aliphatic rings. The monoisotopic (exact) mass is 375 g/mol. The first-order valence-electron chi connectivity index (χ1n) is 7.00. The molecule has 0 aliphatic heterocycles. The van der Waals surface area contributed by atoms with Crippen LogP contribution >= 0.6 is 27.5 Å². The van der Waals surface area contributed by atoms with Crippen molar-refractivity contribution in [2.75, 3.05) is 5.33 Å². The summed E-state index contributed by atoms with van der Waals surface area (Å²) < 4.78 is 0. The van der Waals surface area contributed by atoms with Gasteiger partial charge in [0.2, 0.25) is 0 Å². The van der Waals surface area contributed by atoms with Crippen LogP contribution in [0.1, 0.15) is 17.2 Å². The summed E-state index contributed by atoms with van der Waals surface area (Å²) in [5, 5.41) is 12.5. The Balaban J connectivity index is 2.28. The molecule has 3 rings (SSSR count). The Hall–Kier alpha value is -1.42. The molecule has 112 valence electrons. The van der Waals surface area contributed by atoms with Crippen LogP contribution in [0.3, 0.4) is 0 Å². The number of fused-ring (bicyclic) bond motifs is 1. The fraction of sp³-hybridized carbons (Fsp3) is 0.167. The number of halogens is 2. The highest BCUT2D eigenvalue weighted by Gasteiger charge is 2.14. The molecular formula is C18H15BrClNO. The second-order valence-corrected chi connectivity index (χ2v) is 6.33. The number of alkyl halides is 1. The number of pyridine rings is 1. The number of benzene rings is 2. The lowest BCUT2D eigenvalue weighted by Gasteiger charge is -2.14. The second kappa shape index (κ2) is 6.37. The van der Waals surface area contributed by atoms with Gasteiger partial charge in [0.25, 0.3) is 0 Å². The van der Waals surface area contributed by atoms with Crippen LogP contribution < -0.4 is 0 Å². The summed E-state index contributed by atoms with van der Waals surface area (Å²) in [6, 6.07) is 15.6. The maximum absolute atomic E-state index is 10.3. The first kappa shape index (κ1) is 15.5. The molecule has 3 aromatic rings. The number of para-hydroxylation sites is 1. The third-order valence-electron chi connectivity index (χ3n) is 3.72. The van der Waals surface area contributed by atoms with Gasteiger partial charge in [0, 0.05) is 21.3 Å². The molecular weight excluding hydrogens is 362 g/mol. The van der Waals surface area contributed by atoms with E-state index in [2.05, 4.69) is 15.9 Å². The van der Waals surface area contributed by atoms with Gasteiger partial charge in [-0.3, -0.25) is 0 Å². The molecule has 1 N–H and O–H groups in total. The van der Waals surface area contributed by atoms with Gasteiger partial charge in [-0.15, -0.1) is 0 Å². The molecule has 0 bridgehead atoms. The molecule has 4 heteroatoms. The number of rotatable bonds is 3. The largest absolute Gasteiger partial charge is 0.388 e. The van der Waals surface area contributed by atoms with Crippen molar-refractivity contribution in [1.82, 2.24) is 4.98 Å². The minimum atomic E-state index is -0.571. The smallest absolute Gasteiger partial charge is 0.0894 e. The molecule has 22 heavy (non-hydrogen) atoms. The van der Waals surface area contributed by atoms with Gasteiger partial charge in [0.1, 0.15) is 0 Å². The number of aromatic nitrogens is 1. The highest BCUT2D eigenvalue weighted by Crippen LogP contribution is 2.31. The Morgan fingerprint density at radius 3 is 2.59 bits per heavy atom. The Kier molecular flexibility index (Phi) is 4.48.